The Balaban J connectivity index is 2.30. The first-order valence-electron chi connectivity index (χ1n) is 8.74. The fourth-order valence-electron chi connectivity index (χ4n) is 2.56. The highest BCUT2D eigenvalue weighted by Gasteiger charge is 2.17. The van der Waals surface area contributed by atoms with E-state index >= 15 is 0 Å². The zero-order chi connectivity index (χ0) is 15.2. The quantitative estimate of drug-likeness (QED) is 0.295. The predicted molar refractivity (Wildman–Crippen MR) is 86.3 cm³/mol. The van der Waals surface area contributed by atoms with E-state index in [-0.39, 0.29) is 12.4 Å². The molecule has 1 rings (SSSR count). The summed E-state index contributed by atoms with van der Waals surface area (Å²) < 4.78 is 11.8. The minimum absolute atomic E-state index is 0.0189. The van der Waals surface area contributed by atoms with Gasteiger partial charge in [0.15, 0.2) is 6.29 Å². The molecule has 1 fully saturated rings. The van der Waals surface area contributed by atoms with E-state index < -0.39 is 0 Å². The Morgan fingerprint density at radius 1 is 1.19 bits per heavy atom. The fraction of sp³-hybridized carbons (Fsp3) is 0.833. The zero-order valence-corrected chi connectivity index (χ0v) is 13.6. The normalized spacial score (nSPS) is 20.7. The summed E-state index contributed by atoms with van der Waals surface area (Å²) in [6.07, 6.45) is 17.5. The lowest BCUT2D eigenvalue weighted by Crippen LogP contribution is -2.27. The lowest BCUT2D eigenvalue weighted by Gasteiger charge is -2.26. The van der Waals surface area contributed by atoms with Crippen LogP contribution in [0.4, 0.5) is 0 Å². The van der Waals surface area contributed by atoms with Crippen LogP contribution in [-0.4, -0.2) is 25.3 Å². The summed E-state index contributed by atoms with van der Waals surface area (Å²) in [4.78, 5) is 10.3. The zero-order valence-electron chi connectivity index (χ0n) is 13.6. The van der Waals surface area contributed by atoms with Gasteiger partial charge in [-0.25, -0.2) is 0 Å². The van der Waals surface area contributed by atoms with Crippen molar-refractivity contribution in [2.45, 2.75) is 89.9 Å². The summed E-state index contributed by atoms with van der Waals surface area (Å²) in [6.45, 7) is 3.06. The van der Waals surface area contributed by atoms with Crippen LogP contribution in [0.15, 0.2) is 12.2 Å². The van der Waals surface area contributed by atoms with Gasteiger partial charge in [-0.1, -0.05) is 44.8 Å². The lowest BCUT2D eigenvalue weighted by molar-refractivity contribution is -0.179. The molecule has 1 heterocycles. The average Bonchev–Trinajstić information content (AvgIpc) is 2.52. The largest absolute Gasteiger partial charge is 0.353 e. The van der Waals surface area contributed by atoms with Crippen LogP contribution in [0.3, 0.4) is 0 Å². The molecule has 0 aromatic carbocycles. The molecular weight excluding hydrogens is 264 g/mol. The number of carbonyl (C=O) groups is 1. The first-order chi connectivity index (χ1) is 10.4. The maximum Gasteiger partial charge on any atom is 0.158 e. The van der Waals surface area contributed by atoms with Crippen molar-refractivity contribution in [1.29, 1.82) is 0 Å². The minimum Gasteiger partial charge on any atom is -0.353 e. The molecular formula is C18H32O3. The highest BCUT2D eigenvalue weighted by Crippen LogP contribution is 2.19. The van der Waals surface area contributed by atoms with Crippen LogP contribution in [0.5, 0.6) is 0 Å². The topological polar surface area (TPSA) is 35.5 Å². The summed E-state index contributed by atoms with van der Waals surface area (Å²) >= 11 is 0. The number of carbonyl (C=O) groups excluding carboxylic acids is 1. The molecule has 2 atom stereocenters. The number of hydrogen-bond donors (Lipinski definition) is 0. The highest BCUT2D eigenvalue weighted by atomic mass is 16.7. The maximum atomic E-state index is 10.3. The van der Waals surface area contributed by atoms with Crippen molar-refractivity contribution < 1.29 is 14.3 Å². The van der Waals surface area contributed by atoms with Gasteiger partial charge in [0, 0.05) is 13.0 Å². The van der Waals surface area contributed by atoms with Gasteiger partial charge in [-0.2, -0.15) is 0 Å². The minimum atomic E-state index is -0.0189. The van der Waals surface area contributed by atoms with Gasteiger partial charge in [0.05, 0.1) is 6.10 Å². The standard InChI is InChI=1S/C18H32O3/c1-2-3-4-7-12-17(13-8-5-6-10-15-19)21-18-14-9-11-16-20-18/h8,13,15,17-18H,2-7,9-12,14,16H2,1H3/b13-8+/t17-,18?/m1/s1. The second-order valence-corrected chi connectivity index (χ2v) is 5.85. The van der Waals surface area contributed by atoms with Crippen LogP contribution in [0.25, 0.3) is 0 Å². The van der Waals surface area contributed by atoms with Crippen molar-refractivity contribution in [1.82, 2.24) is 0 Å². The Bertz CT molecular complexity index is 270. The van der Waals surface area contributed by atoms with E-state index in [2.05, 4.69) is 19.1 Å². The van der Waals surface area contributed by atoms with Gasteiger partial charge in [0.25, 0.3) is 0 Å². The molecule has 0 spiro atoms. The highest BCUT2D eigenvalue weighted by molar-refractivity contribution is 5.49. The van der Waals surface area contributed by atoms with Crippen LogP contribution >= 0.6 is 0 Å². The number of rotatable bonds is 12. The molecule has 3 nitrogen and oxygen atoms in total. The molecule has 0 saturated carbocycles. The van der Waals surface area contributed by atoms with E-state index in [0.29, 0.717) is 6.42 Å². The first-order valence-corrected chi connectivity index (χ1v) is 8.74. The third-order valence-corrected chi connectivity index (χ3v) is 3.85. The molecule has 122 valence electrons. The Labute approximate surface area is 130 Å². The number of unbranched alkanes of at least 4 members (excludes halogenated alkanes) is 5. The van der Waals surface area contributed by atoms with Gasteiger partial charge >= 0.3 is 0 Å². The average molecular weight is 296 g/mol. The lowest BCUT2D eigenvalue weighted by atomic mass is 10.1. The first kappa shape index (κ1) is 18.4. The van der Waals surface area contributed by atoms with Crippen LogP contribution in [0.1, 0.15) is 77.6 Å². The molecule has 0 aromatic heterocycles. The Morgan fingerprint density at radius 2 is 2.10 bits per heavy atom. The van der Waals surface area contributed by atoms with Gasteiger partial charge in [-0.3, -0.25) is 0 Å². The third kappa shape index (κ3) is 9.81. The van der Waals surface area contributed by atoms with Crippen LogP contribution in [-0.2, 0) is 14.3 Å². The maximum absolute atomic E-state index is 10.3. The summed E-state index contributed by atoms with van der Waals surface area (Å²) in [6, 6.07) is 0. The molecule has 0 aromatic rings. The van der Waals surface area contributed by atoms with Crippen molar-refractivity contribution in [3.05, 3.63) is 12.2 Å². The second kappa shape index (κ2) is 13.0. The van der Waals surface area contributed by atoms with E-state index in [1.165, 1.54) is 32.1 Å². The summed E-state index contributed by atoms with van der Waals surface area (Å²) in [5.41, 5.74) is 0. The molecule has 21 heavy (non-hydrogen) atoms. The van der Waals surface area contributed by atoms with E-state index in [0.717, 1.165) is 45.0 Å². The number of allylic oxidation sites excluding steroid dienone is 1. The molecule has 0 aliphatic carbocycles. The molecule has 0 radical (unpaired) electrons. The van der Waals surface area contributed by atoms with E-state index in [1.807, 2.05) is 0 Å². The SMILES string of the molecule is CCCCCC[C@H](/C=C/CCCC=O)OC1CCCCO1. The monoisotopic (exact) mass is 296 g/mol. The molecule has 0 amide bonds. The smallest absolute Gasteiger partial charge is 0.158 e. The number of aldehydes is 1. The second-order valence-electron chi connectivity index (χ2n) is 5.85. The molecule has 1 aliphatic rings. The molecule has 1 aliphatic heterocycles. The van der Waals surface area contributed by atoms with Crippen molar-refractivity contribution in [3.8, 4) is 0 Å². The number of ether oxygens (including phenoxy) is 2. The molecule has 3 heteroatoms. The summed E-state index contributed by atoms with van der Waals surface area (Å²) in [5, 5.41) is 0. The van der Waals surface area contributed by atoms with Gasteiger partial charge in [0.2, 0.25) is 0 Å². The van der Waals surface area contributed by atoms with Gasteiger partial charge in [-0.05, 0) is 38.5 Å². The molecule has 1 saturated heterocycles. The van der Waals surface area contributed by atoms with Crippen molar-refractivity contribution in [3.63, 3.8) is 0 Å². The third-order valence-electron chi connectivity index (χ3n) is 3.85. The number of hydrogen-bond acceptors (Lipinski definition) is 3. The summed E-state index contributed by atoms with van der Waals surface area (Å²) in [5.74, 6) is 0. The van der Waals surface area contributed by atoms with E-state index in [9.17, 15) is 4.79 Å². The van der Waals surface area contributed by atoms with Crippen LogP contribution < -0.4 is 0 Å². The van der Waals surface area contributed by atoms with E-state index in [1.54, 1.807) is 0 Å². The van der Waals surface area contributed by atoms with Crippen molar-refractivity contribution in [2.75, 3.05) is 6.61 Å². The molecule has 1 unspecified atom stereocenters. The van der Waals surface area contributed by atoms with Gasteiger partial charge < -0.3 is 14.3 Å². The fourth-order valence-corrected chi connectivity index (χ4v) is 2.56. The Hall–Kier alpha value is -0.670. The van der Waals surface area contributed by atoms with Gasteiger partial charge in [-0.15, -0.1) is 0 Å². The Morgan fingerprint density at radius 3 is 2.81 bits per heavy atom. The molecule has 0 N–H and O–H groups in total. The van der Waals surface area contributed by atoms with Gasteiger partial charge in [0.1, 0.15) is 6.29 Å². The van der Waals surface area contributed by atoms with Crippen LogP contribution in [0.2, 0.25) is 0 Å². The van der Waals surface area contributed by atoms with Crippen molar-refractivity contribution >= 4 is 6.29 Å². The summed E-state index contributed by atoms with van der Waals surface area (Å²) in [7, 11) is 0. The predicted octanol–water partition coefficient (Wildman–Crippen LogP) is 4.79. The Kier molecular flexibility index (Phi) is 11.4. The van der Waals surface area contributed by atoms with E-state index in [4.69, 9.17) is 9.47 Å². The van der Waals surface area contributed by atoms with Crippen molar-refractivity contribution in [2.24, 2.45) is 0 Å². The molecule has 0 bridgehead atoms. The van der Waals surface area contributed by atoms with Crippen LogP contribution in [0, 0.1) is 0 Å².